The van der Waals surface area contributed by atoms with Gasteiger partial charge in [0.2, 0.25) is 5.91 Å². The number of benzene rings is 1. The van der Waals surface area contributed by atoms with E-state index in [1.54, 1.807) is 6.26 Å². The van der Waals surface area contributed by atoms with Crippen LogP contribution in [-0.2, 0) is 11.3 Å². The van der Waals surface area contributed by atoms with Gasteiger partial charge >= 0.3 is 0 Å². The number of nitrogens with one attached hydrogen (secondary N) is 1. The molecule has 6 nitrogen and oxygen atoms in total. The van der Waals surface area contributed by atoms with Crippen LogP contribution < -0.4 is 5.32 Å². The van der Waals surface area contributed by atoms with E-state index >= 15 is 0 Å². The van der Waals surface area contributed by atoms with E-state index in [9.17, 15) is 4.79 Å². The number of anilines is 1. The SMILES string of the molecule is Cc1cccc(NC(=O)CSc2nnc(-c3ccco3)n2CC(C)C)c1C. The van der Waals surface area contributed by atoms with Crippen molar-refractivity contribution in [3.63, 3.8) is 0 Å². The van der Waals surface area contributed by atoms with Crippen LogP contribution in [0.2, 0.25) is 0 Å². The summed E-state index contributed by atoms with van der Waals surface area (Å²) in [7, 11) is 0. The zero-order valence-corrected chi connectivity index (χ0v) is 16.8. The van der Waals surface area contributed by atoms with Crippen molar-refractivity contribution in [1.82, 2.24) is 14.8 Å². The van der Waals surface area contributed by atoms with Crippen molar-refractivity contribution in [2.45, 2.75) is 39.4 Å². The molecule has 0 unspecified atom stereocenters. The molecular formula is C20H24N4O2S. The monoisotopic (exact) mass is 384 g/mol. The summed E-state index contributed by atoms with van der Waals surface area (Å²) in [5, 5.41) is 12.2. The number of rotatable bonds is 7. The van der Waals surface area contributed by atoms with Gasteiger partial charge in [-0.1, -0.05) is 37.7 Å². The van der Waals surface area contributed by atoms with Crippen LogP contribution in [0.3, 0.4) is 0 Å². The first-order chi connectivity index (χ1) is 13.0. The van der Waals surface area contributed by atoms with Crippen LogP contribution in [0.5, 0.6) is 0 Å². The molecule has 0 aliphatic carbocycles. The lowest BCUT2D eigenvalue weighted by Crippen LogP contribution is -2.16. The number of amides is 1. The molecule has 27 heavy (non-hydrogen) atoms. The molecule has 0 aliphatic heterocycles. The second-order valence-electron chi connectivity index (χ2n) is 6.87. The molecule has 7 heteroatoms. The van der Waals surface area contributed by atoms with Crippen molar-refractivity contribution in [2.24, 2.45) is 5.92 Å². The number of carbonyl (C=O) groups is 1. The molecule has 0 bridgehead atoms. The largest absolute Gasteiger partial charge is 0.461 e. The Morgan fingerprint density at radius 2 is 2.04 bits per heavy atom. The zero-order valence-electron chi connectivity index (χ0n) is 16.0. The maximum absolute atomic E-state index is 12.4. The fourth-order valence-electron chi connectivity index (χ4n) is 2.72. The molecule has 0 saturated carbocycles. The van der Waals surface area contributed by atoms with Crippen molar-refractivity contribution < 1.29 is 9.21 Å². The highest BCUT2D eigenvalue weighted by Crippen LogP contribution is 2.26. The molecule has 2 heterocycles. The third kappa shape index (κ3) is 4.60. The predicted octanol–water partition coefficient (Wildman–Crippen LogP) is 4.54. The van der Waals surface area contributed by atoms with E-state index < -0.39 is 0 Å². The molecule has 1 aromatic carbocycles. The van der Waals surface area contributed by atoms with Gasteiger partial charge in [-0.2, -0.15) is 0 Å². The van der Waals surface area contributed by atoms with Gasteiger partial charge in [0, 0.05) is 12.2 Å². The molecule has 142 valence electrons. The Morgan fingerprint density at radius 3 is 2.74 bits per heavy atom. The Kier molecular flexibility index (Phi) is 6.01. The van der Waals surface area contributed by atoms with E-state index in [0.29, 0.717) is 22.7 Å². The van der Waals surface area contributed by atoms with E-state index in [1.807, 2.05) is 48.7 Å². The Morgan fingerprint density at radius 1 is 1.22 bits per heavy atom. The van der Waals surface area contributed by atoms with E-state index in [1.165, 1.54) is 11.8 Å². The second-order valence-corrected chi connectivity index (χ2v) is 7.81. The van der Waals surface area contributed by atoms with Crippen LogP contribution >= 0.6 is 11.8 Å². The Labute approximate surface area is 163 Å². The Hall–Kier alpha value is -2.54. The summed E-state index contributed by atoms with van der Waals surface area (Å²) in [4.78, 5) is 12.4. The van der Waals surface area contributed by atoms with Crippen molar-refractivity contribution in [3.05, 3.63) is 47.7 Å². The molecular weight excluding hydrogens is 360 g/mol. The first-order valence-electron chi connectivity index (χ1n) is 8.91. The molecule has 0 spiro atoms. The van der Waals surface area contributed by atoms with Crippen LogP contribution in [0.4, 0.5) is 5.69 Å². The van der Waals surface area contributed by atoms with Gasteiger partial charge in [0.15, 0.2) is 16.7 Å². The van der Waals surface area contributed by atoms with Gasteiger partial charge in [-0.25, -0.2) is 0 Å². The smallest absolute Gasteiger partial charge is 0.234 e. The second kappa shape index (κ2) is 8.43. The third-order valence-electron chi connectivity index (χ3n) is 4.22. The Balaban J connectivity index is 1.72. The fraction of sp³-hybridized carbons (Fsp3) is 0.350. The quantitative estimate of drug-likeness (QED) is 0.605. The fourth-order valence-corrected chi connectivity index (χ4v) is 3.46. The molecule has 0 saturated heterocycles. The third-order valence-corrected chi connectivity index (χ3v) is 5.18. The topological polar surface area (TPSA) is 73.0 Å². The number of thioether (sulfide) groups is 1. The van der Waals surface area contributed by atoms with Crippen molar-refractivity contribution in [2.75, 3.05) is 11.1 Å². The highest BCUT2D eigenvalue weighted by atomic mass is 32.2. The molecule has 0 atom stereocenters. The summed E-state index contributed by atoms with van der Waals surface area (Å²) in [5.74, 6) is 1.98. The lowest BCUT2D eigenvalue weighted by atomic mass is 10.1. The van der Waals surface area contributed by atoms with E-state index in [4.69, 9.17) is 4.42 Å². The number of hydrogen-bond donors (Lipinski definition) is 1. The van der Waals surface area contributed by atoms with Gasteiger partial charge in [-0.15, -0.1) is 10.2 Å². The predicted molar refractivity (Wildman–Crippen MR) is 108 cm³/mol. The lowest BCUT2D eigenvalue weighted by Gasteiger charge is -2.12. The molecule has 0 aliphatic rings. The van der Waals surface area contributed by atoms with Crippen molar-refractivity contribution in [3.8, 4) is 11.6 Å². The van der Waals surface area contributed by atoms with Gasteiger partial charge in [0.05, 0.1) is 12.0 Å². The van der Waals surface area contributed by atoms with E-state index in [2.05, 4.69) is 29.4 Å². The lowest BCUT2D eigenvalue weighted by molar-refractivity contribution is -0.113. The minimum atomic E-state index is -0.0626. The number of carbonyl (C=O) groups excluding carboxylic acids is 1. The van der Waals surface area contributed by atoms with Crippen LogP contribution in [0.15, 0.2) is 46.2 Å². The van der Waals surface area contributed by atoms with Gasteiger partial charge in [0.25, 0.3) is 0 Å². The van der Waals surface area contributed by atoms with Crippen LogP contribution in [0.1, 0.15) is 25.0 Å². The van der Waals surface area contributed by atoms with E-state index in [-0.39, 0.29) is 11.7 Å². The van der Waals surface area contributed by atoms with Crippen molar-refractivity contribution in [1.29, 1.82) is 0 Å². The number of nitrogens with zero attached hydrogens (tertiary/aromatic N) is 3. The summed E-state index contributed by atoms with van der Waals surface area (Å²) in [6.45, 7) is 9.06. The first kappa shape index (κ1) is 19.2. The summed E-state index contributed by atoms with van der Waals surface area (Å²) in [5.41, 5.74) is 3.08. The normalized spacial score (nSPS) is 11.1. The number of aromatic nitrogens is 3. The molecule has 1 N–H and O–H groups in total. The minimum absolute atomic E-state index is 0.0626. The highest BCUT2D eigenvalue weighted by molar-refractivity contribution is 7.99. The van der Waals surface area contributed by atoms with Gasteiger partial charge in [-0.05, 0) is 49.1 Å². The zero-order chi connectivity index (χ0) is 19.4. The average Bonchev–Trinajstić information content (AvgIpc) is 3.26. The first-order valence-corrected chi connectivity index (χ1v) is 9.90. The van der Waals surface area contributed by atoms with Gasteiger partial charge < -0.3 is 9.73 Å². The molecule has 2 aromatic heterocycles. The molecule has 1 amide bonds. The highest BCUT2D eigenvalue weighted by Gasteiger charge is 2.18. The Bertz CT molecular complexity index is 916. The molecule has 3 rings (SSSR count). The van der Waals surface area contributed by atoms with Crippen LogP contribution in [0.25, 0.3) is 11.6 Å². The minimum Gasteiger partial charge on any atom is -0.461 e. The number of aryl methyl sites for hydroxylation is 1. The van der Waals surface area contributed by atoms with Gasteiger partial charge in [-0.3, -0.25) is 9.36 Å². The van der Waals surface area contributed by atoms with Gasteiger partial charge in [0.1, 0.15) is 0 Å². The number of furan rings is 1. The maximum atomic E-state index is 12.4. The number of hydrogen-bond acceptors (Lipinski definition) is 5. The standard InChI is InChI=1S/C20H24N4O2S/c1-13(2)11-24-19(17-9-6-10-26-17)22-23-20(24)27-12-18(25)21-16-8-5-7-14(3)15(16)4/h5-10,13H,11-12H2,1-4H3,(H,21,25). The molecule has 3 aromatic rings. The molecule has 0 fully saturated rings. The summed E-state index contributed by atoms with van der Waals surface area (Å²) >= 11 is 1.38. The summed E-state index contributed by atoms with van der Waals surface area (Å²) in [6, 6.07) is 9.59. The summed E-state index contributed by atoms with van der Waals surface area (Å²) < 4.78 is 7.49. The van der Waals surface area contributed by atoms with E-state index in [0.717, 1.165) is 23.4 Å². The molecule has 0 radical (unpaired) electrons. The van der Waals surface area contributed by atoms with Crippen LogP contribution in [-0.4, -0.2) is 26.4 Å². The maximum Gasteiger partial charge on any atom is 0.234 e. The summed E-state index contributed by atoms with van der Waals surface area (Å²) in [6.07, 6.45) is 1.62. The van der Waals surface area contributed by atoms with Crippen LogP contribution in [0, 0.1) is 19.8 Å². The van der Waals surface area contributed by atoms with Crippen molar-refractivity contribution >= 4 is 23.4 Å². The average molecular weight is 385 g/mol.